The molecule has 3 amide bonds. The predicted octanol–water partition coefficient (Wildman–Crippen LogP) is 8.04. The molecular formula is C64H82N8O9S3. The van der Waals surface area contributed by atoms with E-state index in [9.17, 15) is 44.1 Å². The van der Waals surface area contributed by atoms with E-state index in [1.54, 1.807) is 45.8 Å². The van der Waals surface area contributed by atoms with Crippen molar-refractivity contribution in [3.05, 3.63) is 123 Å². The van der Waals surface area contributed by atoms with Crippen molar-refractivity contribution in [2.75, 3.05) is 19.6 Å². The molecule has 0 saturated carbocycles. The summed E-state index contributed by atoms with van der Waals surface area (Å²) in [5, 5.41) is 35.3. The van der Waals surface area contributed by atoms with Crippen molar-refractivity contribution in [3.63, 3.8) is 0 Å². The molecule has 3 fully saturated rings. The van der Waals surface area contributed by atoms with Crippen molar-refractivity contribution < 1.29 is 44.1 Å². The third-order valence-electron chi connectivity index (χ3n) is 15.5. The van der Waals surface area contributed by atoms with Gasteiger partial charge in [-0.2, -0.15) is 0 Å². The van der Waals surface area contributed by atoms with Gasteiger partial charge in [0.1, 0.15) is 11.8 Å². The monoisotopic (exact) mass is 1200 g/mol. The summed E-state index contributed by atoms with van der Waals surface area (Å²) in [6, 6.07) is 21.8. The maximum atomic E-state index is 13.0. The SMILES string of the molecule is Cc1ncsc1-c1ccc(CCC(=O)[C@@H]2C[C@@H](O)CN2)cc1.Cc1ncsc1-c1ccc(CCC(=O)[C@@H]2C[C@@H](O)CN2C(=O)C(C)C)cc1.Cc1ncsc1-c1ccc(CCC(=O)[C@@H]2C[C@@H](O)CN2C(=O)[C@H](C)NC(=O)[C@@H](N)CC(C)C)cc1. The second-order valence-corrected chi connectivity index (χ2v) is 25.6. The number of hydrogen-bond donors (Lipinski definition) is 6. The van der Waals surface area contributed by atoms with Gasteiger partial charge in [-0.15, -0.1) is 34.0 Å². The second kappa shape index (κ2) is 30.7. The van der Waals surface area contributed by atoms with Gasteiger partial charge in [0.15, 0.2) is 11.6 Å². The van der Waals surface area contributed by atoms with Crippen molar-refractivity contribution in [2.24, 2.45) is 17.6 Å². The van der Waals surface area contributed by atoms with Crippen molar-refractivity contribution in [3.8, 4) is 31.3 Å². The number of aryl methyl sites for hydroxylation is 6. The maximum absolute atomic E-state index is 13.0. The number of nitrogens with zero attached hydrogens (tertiary/aromatic N) is 5. The number of nitrogens with one attached hydrogen (secondary N) is 2. The van der Waals surface area contributed by atoms with Crippen molar-refractivity contribution >= 4 is 69.1 Å². The third-order valence-corrected chi connectivity index (χ3v) is 18.4. The highest BCUT2D eigenvalue weighted by atomic mass is 32.1. The molecule has 0 radical (unpaired) electrons. The molecule has 20 heteroatoms. The topological polar surface area (TPSA) is 258 Å². The molecule has 3 aliphatic rings. The van der Waals surface area contributed by atoms with E-state index in [4.69, 9.17) is 5.73 Å². The molecule has 0 aliphatic carbocycles. The van der Waals surface area contributed by atoms with E-state index in [0.717, 1.165) is 56.2 Å². The van der Waals surface area contributed by atoms with E-state index in [2.05, 4.69) is 62.0 Å². The molecule has 3 aromatic heterocycles. The lowest BCUT2D eigenvalue weighted by Gasteiger charge is -2.27. The molecule has 0 bridgehead atoms. The Hall–Kier alpha value is -6.23. The summed E-state index contributed by atoms with van der Waals surface area (Å²) >= 11 is 4.87. The lowest BCUT2D eigenvalue weighted by molar-refractivity contribution is -0.140. The number of aliphatic hydroxyl groups is 3. The van der Waals surface area contributed by atoms with Crippen LogP contribution in [-0.4, -0.2) is 143 Å². The Kier molecular flexibility index (Phi) is 23.9. The molecule has 0 unspecified atom stereocenters. The fourth-order valence-corrected chi connectivity index (χ4v) is 13.2. The molecule has 8 atom stereocenters. The molecule has 9 rings (SSSR count). The van der Waals surface area contributed by atoms with Crippen molar-refractivity contribution in [2.45, 2.75) is 168 Å². The van der Waals surface area contributed by atoms with Crippen LogP contribution in [0.15, 0.2) is 89.3 Å². The van der Waals surface area contributed by atoms with Gasteiger partial charge in [-0.1, -0.05) is 100 Å². The number of ketones is 3. The number of nitrogens with two attached hydrogens (primary N) is 1. The van der Waals surface area contributed by atoms with Crippen LogP contribution in [0.3, 0.4) is 0 Å². The van der Waals surface area contributed by atoms with Crippen LogP contribution in [0, 0.1) is 32.6 Å². The molecule has 6 aromatic rings. The highest BCUT2D eigenvalue weighted by molar-refractivity contribution is 7.14. The van der Waals surface area contributed by atoms with Gasteiger partial charge in [-0.3, -0.25) is 28.8 Å². The summed E-state index contributed by atoms with van der Waals surface area (Å²) in [5.74, 6) is -0.615. The first kappa shape index (κ1) is 65.3. The van der Waals surface area contributed by atoms with Crippen LogP contribution < -0.4 is 16.4 Å². The highest BCUT2D eigenvalue weighted by Gasteiger charge is 2.41. The number of carbonyl (C=O) groups excluding carboxylic acids is 6. The maximum Gasteiger partial charge on any atom is 0.245 e. The Morgan fingerprint density at radius 1 is 0.571 bits per heavy atom. The first-order valence-corrected chi connectivity index (χ1v) is 31.7. The number of Topliss-reactive ketones (excluding diaryl/α,β-unsaturated/α-hetero) is 3. The normalized spacial score (nSPS) is 20.0. The van der Waals surface area contributed by atoms with Gasteiger partial charge < -0.3 is 41.5 Å². The molecule has 84 heavy (non-hydrogen) atoms. The van der Waals surface area contributed by atoms with E-state index < -0.39 is 36.4 Å². The Balaban J connectivity index is 0.000000186. The fraction of sp³-hybridized carbons (Fsp3) is 0.484. The number of aliphatic hydroxyl groups excluding tert-OH is 3. The lowest BCUT2D eigenvalue weighted by atomic mass is 10.00. The zero-order chi connectivity index (χ0) is 60.8. The summed E-state index contributed by atoms with van der Waals surface area (Å²) in [4.78, 5) is 94.8. The quantitative estimate of drug-likeness (QED) is 0.0399. The summed E-state index contributed by atoms with van der Waals surface area (Å²) in [7, 11) is 0. The number of rotatable bonds is 21. The van der Waals surface area contributed by atoms with Crippen LogP contribution in [0.4, 0.5) is 0 Å². The minimum absolute atomic E-state index is 0.0305. The van der Waals surface area contributed by atoms with Gasteiger partial charge in [0.25, 0.3) is 0 Å². The molecule has 0 spiro atoms. The number of carbonyl (C=O) groups is 6. The summed E-state index contributed by atoms with van der Waals surface area (Å²) < 4.78 is 0. The van der Waals surface area contributed by atoms with Gasteiger partial charge >= 0.3 is 0 Å². The number of likely N-dealkylation sites (tertiary alicyclic amines) is 2. The van der Waals surface area contributed by atoms with Crippen LogP contribution in [0.1, 0.15) is 113 Å². The molecule has 450 valence electrons. The number of hydrogen-bond acceptors (Lipinski definition) is 17. The third kappa shape index (κ3) is 17.9. The van der Waals surface area contributed by atoms with Crippen LogP contribution in [0.2, 0.25) is 0 Å². The molecule has 17 nitrogen and oxygen atoms in total. The van der Waals surface area contributed by atoms with E-state index in [1.165, 1.54) is 20.2 Å². The highest BCUT2D eigenvalue weighted by Crippen LogP contribution is 2.31. The van der Waals surface area contributed by atoms with Gasteiger partial charge in [-0.05, 0) is 99.1 Å². The average molecular weight is 1200 g/mol. The summed E-state index contributed by atoms with van der Waals surface area (Å²) in [6.07, 6.45) is 2.95. The second-order valence-electron chi connectivity index (χ2n) is 23.1. The summed E-state index contributed by atoms with van der Waals surface area (Å²) in [5.41, 5.74) is 21.2. The van der Waals surface area contributed by atoms with Crippen LogP contribution >= 0.6 is 34.0 Å². The van der Waals surface area contributed by atoms with Crippen LogP contribution in [-0.2, 0) is 48.0 Å². The largest absolute Gasteiger partial charge is 0.392 e. The van der Waals surface area contributed by atoms with Crippen molar-refractivity contribution in [1.29, 1.82) is 0 Å². The van der Waals surface area contributed by atoms with Gasteiger partial charge in [0, 0.05) is 57.7 Å². The lowest BCUT2D eigenvalue weighted by Crippen LogP contribution is -2.53. The van der Waals surface area contributed by atoms with E-state index in [-0.39, 0.29) is 85.0 Å². The predicted molar refractivity (Wildman–Crippen MR) is 331 cm³/mol. The van der Waals surface area contributed by atoms with Gasteiger partial charge in [0.2, 0.25) is 17.7 Å². The number of amides is 3. The Bertz CT molecular complexity index is 3160. The minimum Gasteiger partial charge on any atom is -0.392 e. The number of benzene rings is 3. The first-order valence-electron chi connectivity index (χ1n) is 29.1. The number of aromatic nitrogens is 3. The number of thiazole rings is 3. The van der Waals surface area contributed by atoms with Gasteiger partial charge in [0.05, 0.1) is 90.7 Å². The fourth-order valence-electron chi connectivity index (χ4n) is 10.8. The molecule has 3 saturated heterocycles. The minimum atomic E-state index is -0.830. The Morgan fingerprint density at radius 3 is 1.29 bits per heavy atom. The summed E-state index contributed by atoms with van der Waals surface area (Å²) in [6.45, 7) is 16.0. The first-order chi connectivity index (χ1) is 40.1. The number of β-amino-alcohol motifs (C(OH)–C–C–N with tert-alkyl or cyclic N) is 3. The molecule has 3 aliphatic heterocycles. The van der Waals surface area contributed by atoms with Gasteiger partial charge in [-0.25, -0.2) is 15.0 Å². The van der Waals surface area contributed by atoms with E-state index >= 15 is 0 Å². The average Bonchev–Trinajstić information content (AvgIpc) is 4.32. The van der Waals surface area contributed by atoms with E-state index in [1.807, 2.05) is 101 Å². The zero-order valence-corrected chi connectivity index (χ0v) is 51.9. The molecular weight excluding hydrogens is 1120 g/mol. The molecule has 6 heterocycles. The standard InChI is InChI=1S/C26H36N4O4S.C21H26N2O3S.C17H20N2O2S/c1-15(2)11-21(27)25(33)29-17(4)26(34)30-13-20(31)12-22(30)23(32)10-7-18-5-8-19(9-6-18)24-16(3)28-14-35-24;1-13(2)21(26)23-11-17(24)10-18(23)19(25)9-6-15-4-7-16(8-5-15)20-14(3)22-12-27-20;1-11-17(22-10-19-11)13-5-2-12(3-6-13)4-7-16(21)15-8-14(20)9-18-15/h5-6,8-9,14-15,17,20-22,31H,7,10-13,27H2,1-4H3,(H,29,33);4-5,7-8,12-13,17-18,24H,6,9-11H2,1-3H3;2-3,5-6,10,14-15,18,20H,4,7-9H2,1H3/t17-,20+,21-,22-;17-,18+;14-,15+/m011/s1. The van der Waals surface area contributed by atoms with Crippen molar-refractivity contribution in [1.82, 2.24) is 35.4 Å². The zero-order valence-electron chi connectivity index (χ0n) is 49.5. The Labute approximate surface area is 505 Å². The molecule has 7 N–H and O–H groups in total. The smallest absolute Gasteiger partial charge is 0.245 e. The van der Waals surface area contributed by atoms with E-state index in [0.29, 0.717) is 51.5 Å². The van der Waals surface area contributed by atoms with Crippen LogP contribution in [0.5, 0.6) is 0 Å². The Morgan fingerprint density at radius 2 is 0.952 bits per heavy atom. The molecule has 3 aromatic carbocycles. The van der Waals surface area contributed by atoms with Crippen LogP contribution in [0.25, 0.3) is 31.3 Å².